The van der Waals surface area contributed by atoms with E-state index >= 15 is 0 Å². The minimum atomic E-state index is -0.529. The topological polar surface area (TPSA) is 62.4 Å². The molecule has 32 heavy (non-hydrogen) atoms. The standard InChI is InChI=1S/C27H30N2O3/c1-3-32-27(31)19(2)26-22(14-15-25(30)28-26)24-18-29(16-20-10-6-4-7-11-20)17-23(24)21-12-8-5-9-13-21/h4-15,19,23-24H,3,16-18H2,1-2H3,(H,28,30). The zero-order chi connectivity index (χ0) is 22.5. The third kappa shape index (κ3) is 4.83. The molecule has 1 aromatic heterocycles. The van der Waals surface area contributed by atoms with Crippen molar-refractivity contribution < 1.29 is 9.53 Å². The molecule has 1 saturated heterocycles. The average Bonchev–Trinajstić information content (AvgIpc) is 3.23. The van der Waals surface area contributed by atoms with Gasteiger partial charge in [-0.25, -0.2) is 0 Å². The van der Waals surface area contributed by atoms with Crippen LogP contribution in [0.5, 0.6) is 0 Å². The smallest absolute Gasteiger partial charge is 0.314 e. The first-order valence-electron chi connectivity index (χ1n) is 11.3. The highest BCUT2D eigenvalue weighted by atomic mass is 16.5. The Morgan fingerprint density at radius 1 is 1.00 bits per heavy atom. The number of benzene rings is 2. The number of aromatic amines is 1. The number of esters is 1. The molecule has 0 amide bonds. The van der Waals surface area contributed by atoms with E-state index in [2.05, 4.69) is 58.4 Å². The molecule has 3 unspecified atom stereocenters. The maximum Gasteiger partial charge on any atom is 0.314 e. The van der Waals surface area contributed by atoms with Crippen LogP contribution in [-0.4, -0.2) is 35.5 Å². The number of ether oxygens (including phenoxy) is 1. The molecular weight excluding hydrogens is 400 g/mol. The van der Waals surface area contributed by atoms with Gasteiger partial charge in [-0.1, -0.05) is 66.7 Å². The van der Waals surface area contributed by atoms with Crippen molar-refractivity contribution in [2.45, 2.75) is 38.1 Å². The summed E-state index contributed by atoms with van der Waals surface area (Å²) in [5, 5.41) is 0. The van der Waals surface area contributed by atoms with Crippen molar-refractivity contribution in [1.82, 2.24) is 9.88 Å². The van der Waals surface area contributed by atoms with E-state index in [9.17, 15) is 9.59 Å². The highest BCUT2D eigenvalue weighted by Crippen LogP contribution is 2.42. The number of nitrogens with zero attached hydrogens (tertiary/aromatic N) is 1. The lowest BCUT2D eigenvalue weighted by Crippen LogP contribution is -2.23. The van der Waals surface area contributed by atoms with Gasteiger partial charge in [0.15, 0.2) is 0 Å². The minimum absolute atomic E-state index is 0.157. The van der Waals surface area contributed by atoms with Gasteiger partial charge in [0.05, 0.1) is 12.5 Å². The number of rotatable bonds is 7. The molecule has 0 bridgehead atoms. The number of likely N-dealkylation sites (tertiary alicyclic amines) is 1. The van der Waals surface area contributed by atoms with Crippen molar-refractivity contribution in [2.24, 2.45) is 0 Å². The molecule has 1 aliphatic rings. The second-order valence-electron chi connectivity index (χ2n) is 8.47. The Balaban J connectivity index is 1.71. The van der Waals surface area contributed by atoms with E-state index in [1.807, 2.05) is 18.2 Å². The third-order valence-corrected chi connectivity index (χ3v) is 6.33. The van der Waals surface area contributed by atoms with Gasteiger partial charge >= 0.3 is 5.97 Å². The van der Waals surface area contributed by atoms with E-state index in [-0.39, 0.29) is 23.4 Å². The van der Waals surface area contributed by atoms with Crippen LogP contribution in [0.25, 0.3) is 0 Å². The van der Waals surface area contributed by atoms with Gasteiger partial charge in [0.25, 0.3) is 0 Å². The molecule has 5 nitrogen and oxygen atoms in total. The Morgan fingerprint density at radius 3 is 2.34 bits per heavy atom. The predicted molar refractivity (Wildman–Crippen MR) is 126 cm³/mol. The first kappa shape index (κ1) is 22.0. The average molecular weight is 431 g/mol. The minimum Gasteiger partial charge on any atom is -0.465 e. The van der Waals surface area contributed by atoms with E-state index in [1.54, 1.807) is 19.9 Å². The van der Waals surface area contributed by atoms with E-state index in [0.717, 1.165) is 25.2 Å². The van der Waals surface area contributed by atoms with Gasteiger partial charge in [-0.2, -0.15) is 0 Å². The fraction of sp³-hybridized carbons (Fsp3) is 0.333. The fourth-order valence-electron chi connectivity index (χ4n) is 4.78. The van der Waals surface area contributed by atoms with Gasteiger partial charge in [0, 0.05) is 43.2 Å². The Kier molecular flexibility index (Phi) is 6.86. The maximum absolute atomic E-state index is 12.5. The number of H-pyrrole nitrogens is 1. The van der Waals surface area contributed by atoms with Crippen LogP contribution >= 0.6 is 0 Å². The monoisotopic (exact) mass is 430 g/mol. The largest absolute Gasteiger partial charge is 0.465 e. The summed E-state index contributed by atoms with van der Waals surface area (Å²) < 4.78 is 5.26. The van der Waals surface area contributed by atoms with Gasteiger partial charge < -0.3 is 9.72 Å². The maximum atomic E-state index is 12.5. The number of pyridine rings is 1. The summed E-state index contributed by atoms with van der Waals surface area (Å²) in [4.78, 5) is 30.1. The lowest BCUT2D eigenvalue weighted by atomic mass is 9.82. The van der Waals surface area contributed by atoms with Crippen LogP contribution in [0.1, 0.15) is 54.0 Å². The molecule has 3 aromatic rings. The summed E-state index contributed by atoms with van der Waals surface area (Å²) in [6.45, 7) is 6.55. The van der Waals surface area contributed by atoms with E-state index in [0.29, 0.717) is 12.3 Å². The van der Waals surface area contributed by atoms with Gasteiger partial charge in [-0.15, -0.1) is 0 Å². The number of carbonyl (C=O) groups excluding carboxylic acids is 1. The fourth-order valence-corrected chi connectivity index (χ4v) is 4.78. The normalized spacial score (nSPS) is 19.6. The molecule has 1 aliphatic heterocycles. The van der Waals surface area contributed by atoms with Crippen molar-refractivity contribution in [3.63, 3.8) is 0 Å². The van der Waals surface area contributed by atoms with E-state index in [4.69, 9.17) is 4.74 Å². The summed E-state index contributed by atoms with van der Waals surface area (Å²) >= 11 is 0. The quantitative estimate of drug-likeness (QED) is 0.564. The number of nitrogens with one attached hydrogen (secondary N) is 1. The lowest BCUT2D eigenvalue weighted by molar-refractivity contribution is -0.144. The van der Waals surface area contributed by atoms with Crippen LogP contribution in [-0.2, 0) is 16.1 Å². The molecule has 1 fully saturated rings. The Morgan fingerprint density at radius 2 is 1.66 bits per heavy atom. The van der Waals surface area contributed by atoms with Crippen molar-refractivity contribution >= 4 is 5.97 Å². The second kappa shape index (κ2) is 9.96. The number of hydrogen-bond donors (Lipinski definition) is 1. The van der Waals surface area contributed by atoms with Crippen LogP contribution < -0.4 is 5.56 Å². The van der Waals surface area contributed by atoms with Crippen LogP contribution in [0.3, 0.4) is 0 Å². The first-order valence-corrected chi connectivity index (χ1v) is 11.3. The first-order chi connectivity index (χ1) is 15.6. The summed E-state index contributed by atoms with van der Waals surface area (Å²) in [5.74, 6) is -0.423. The predicted octanol–water partition coefficient (Wildman–Crippen LogP) is 4.42. The van der Waals surface area contributed by atoms with Crippen LogP contribution in [0.4, 0.5) is 0 Å². The van der Waals surface area contributed by atoms with Crippen molar-refractivity contribution in [3.8, 4) is 0 Å². The zero-order valence-electron chi connectivity index (χ0n) is 18.7. The molecule has 5 heteroatoms. The number of hydrogen-bond acceptors (Lipinski definition) is 4. The summed E-state index contributed by atoms with van der Waals surface area (Å²) in [6, 6.07) is 24.5. The van der Waals surface area contributed by atoms with Crippen molar-refractivity contribution in [2.75, 3.05) is 19.7 Å². The summed E-state index contributed by atoms with van der Waals surface area (Å²) in [5.41, 5.74) is 4.05. The Hall–Kier alpha value is -3.18. The summed E-state index contributed by atoms with van der Waals surface area (Å²) in [6.07, 6.45) is 0. The molecule has 1 N–H and O–H groups in total. The van der Waals surface area contributed by atoms with Gasteiger partial charge in [0.2, 0.25) is 5.56 Å². The highest BCUT2D eigenvalue weighted by molar-refractivity contribution is 5.77. The number of carbonyl (C=O) groups is 1. The molecule has 3 atom stereocenters. The molecule has 2 heterocycles. The van der Waals surface area contributed by atoms with Crippen LogP contribution in [0.15, 0.2) is 77.6 Å². The molecule has 166 valence electrons. The van der Waals surface area contributed by atoms with E-state index in [1.165, 1.54) is 11.1 Å². The van der Waals surface area contributed by atoms with Crippen LogP contribution in [0.2, 0.25) is 0 Å². The van der Waals surface area contributed by atoms with Crippen molar-refractivity contribution in [3.05, 3.63) is 106 Å². The summed E-state index contributed by atoms with van der Waals surface area (Å²) in [7, 11) is 0. The van der Waals surface area contributed by atoms with Gasteiger partial charge in [-0.3, -0.25) is 14.5 Å². The van der Waals surface area contributed by atoms with Crippen molar-refractivity contribution in [1.29, 1.82) is 0 Å². The zero-order valence-corrected chi connectivity index (χ0v) is 18.7. The molecule has 0 aliphatic carbocycles. The SMILES string of the molecule is CCOC(=O)C(C)c1[nH]c(=O)ccc1C1CN(Cc2ccccc2)CC1c1ccccc1. The molecular formula is C27H30N2O3. The Labute approximate surface area is 189 Å². The molecule has 4 rings (SSSR count). The lowest BCUT2D eigenvalue weighted by Gasteiger charge is -2.23. The molecule has 0 radical (unpaired) electrons. The molecule has 2 aromatic carbocycles. The number of aromatic nitrogens is 1. The molecule has 0 spiro atoms. The highest BCUT2D eigenvalue weighted by Gasteiger charge is 2.37. The van der Waals surface area contributed by atoms with E-state index < -0.39 is 5.92 Å². The third-order valence-electron chi connectivity index (χ3n) is 6.33. The second-order valence-corrected chi connectivity index (χ2v) is 8.47. The van der Waals surface area contributed by atoms with Gasteiger partial charge in [-0.05, 0) is 30.5 Å². The van der Waals surface area contributed by atoms with Crippen LogP contribution in [0, 0.1) is 0 Å². The molecule has 0 saturated carbocycles. The van der Waals surface area contributed by atoms with Gasteiger partial charge in [0.1, 0.15) is 0 Å². The Bertz CT molecular complexity index is 1090.